The minimum Gasteiger partial charge on any atom is -0.369 e. The Kier molecular flexibility index (Phi) is 7.21. The van der Waals surface area contributed by atoms with Gasteiger partial charge in [0.1, 0.15) is 0 Å². The van der Waals surface area contributed by atoms with Gasteiger partial charge in [0, 0.05) is 30.2 Å². The summed E-state index contributed by atoms with van der Waals surface area (Å²) >= 11 is 0. The van der Waals surface area contributed by atoms with Gasteiger partial charge in [-0.05, 0) is 59.9 Å². The molecule has 1 aliphatic heterocycles. The second kappa shape index (κ2) is 9.90. The van der Waals surface area contributed by atoms with E-state index in [0.717, 1.165) is 40.9 Å². The van der Waals surface area contributed by atoms with Crippen molar-refractivity contribution < 1.29 is 9.18 Å². The monoisotopic (exact) mass is 447 g/mol. The summed E-state index contributed by atoms with van der Waals surface area (Å²) in [6, 6.07) is 14.3. The van der Waals surface area contributed by atoms with Crippen molar-refractivity contribution in [3.63, 3.8) is 0 Å². The van der Waals surface area contributed by atoms with E-state index in [2.05, 4.69) is 15.0 Å². The molecule has 4 rings (SSSR count). The molecule has 1 unspecified atom stereocenters. The Labute approximate surface area is 194 Å². The number of nitrogens with two attached hydrogens (primary N) is 1. The maximum Gasteiger partial charge on any atom is 0.266 e. The van der Waals surface area contributed by atoms with Crippen LogP contribution in [0.15, 0.2) is 59.7 Å². The first-order valence-corrected chi connectivity index (χ1v) is 11.2. The first-order chi connectivity index (χ1) is 15.9. The molecule has 33 heavy (non-hydrogen) atoms. The van der Waals surface area contributed by atoms with Crippen LogP contribution in [0, 0.1) is 5.95 Å². The summed E-state index contributed by atoms with van der Waals surface area (Å²) in [5, 5.41) is 0. The second-order valence-corrected chi connectivity index (χ2v) is 7.54. The average Bonchev–Trinajstić information content (AvgIpc) is 3.10. The molecule has 0 saturated carbocycles. The number of aliphatic imine (C=N–C) groups is 1. The van der Waals surface area contributed by atoms with Crippen LogP contribution in [0.4, 0.5) is 4.39 Å². The molecule has 0 bridgehead atoms. The number of halogens is 1. The highest BCUT2D eigenvalue weighted by Gasteiger charge is 2.49. The normalized spacial score (nSPS) is 17.5. The number of likely N-dealkylation sites (N-methyl/N-ethyl adjacent to an activating group) is 1. The van der Waals surface area contributed by atoms with Gasteiger partial charge in [-0.3, -0.25) is 14.7 Å². The van der Waals surface area contributed by atoms with Gasteiger partial charge in [-0.1, -0.05) is 45.9 Å². The molecule has 1 aromatic carbocycles. The topological polar surface area (TPSA) is 84.5 Å². The fraction of sp³-hybridized carbons (Fsp3) is 0.308. The van der Waals surface area contributed by atoms with Crippen LogP contribution < -0.4 is 5.73 Å². The van der Waals surface area contributed by atoms with Crippen molar-refractivity contribution in [2.75, 3.05) is 7.05 Å². The van der Waals surface area contributed by atoms with Crippen LogP contribution in [-0.4, -0.2) is 33.8 Å². The standard InChI is InChI=1S/C24H24FN5O.C2H6/c1-4-19-12-18(13-20(5-2)28-19)24(22(31)30(3)23(26)29-24)17-8-6-7-15(11-17)16-9-10-21(25)27-14-16;1-2/h6-14H,4-5H2,1-3H3,(H2,26,29);1-2H3. The molecule has 0 aliphatic carbocycles. The summed E-state index contributed by atoms with van der Waals surface area (Å²) in [5.41, 5.74) is 9.56. The zero-order valence-corrected chi connectivity index (χ0v) is 19.8. The molecule has 0 saturated heterocycles. The Morgan fingerprint density at radius 2 is 1.64 bits per heavy atom. The molecule has 0 spiro atoms. The third-order valence-corrected chi connectivity index (χ3v) is 5.65. The lowest BCUT2D eigenvalue weighted by molar-refractivity contribution is -0.129. The fourth-order valence-corrected chi connectivity index (χ4v) is 3.88. The molecule has 3 aromatic rings. The Morgan fingerprint density at radius 3 is 2.15 bits per heavy atom. The first kappa shape index (κ1) is 24.0. The van der Waals surface area contributed by atoms with E-state index in [-0.39, 0.29) is 11.9 Å². The molecule has 3 heterocycles. The first-order valence-electron chi connectivity index (χ1n) is 11.2. The molecule has 0 fully saturated rings. The van der Waals surface area contributed by atoms with Gasteiger partial charge in [0.25, 0.3) is 5.91 Å². The number of hydrogen-bond acceptors (Lipinski definition) is 5. The minimum atomic E-state index is -1.31. The summed E-state index contributed by atoms with van der Waals surface area (Å²) in [6.45, 7) is 8.06. The SMILES string of the molecule is CC.CCc1cc(C2(c3cccc(-c4ccc(F)nc4)c3)N=C(N)N(C)C2=O)cc(CC)n1. The van der Waals surface area contributed by atoms with E-state index >= 15 is 0 Å². The molecule has 172 valence electrons. The highest BCUT2D eigenvalue weighted by Crippen LogP contribution is 2.41. The van der Waals surface area contributed by atoms with Gasteiger partial charge in [0.15, 0.2) is 11.5 Å². The van der Waals surface area contributed by atoms with Gasteiger partial charge in [-0.15, -0.1) is 0 Å². The van der Waals surface area contributed by atoms with Crippen LogP contribution in [-0.2, 0) is 23.2 Å². The fourth-order valence-electron chi connectivity index (χ4n) is 3.88. The van der Waals surface area contributed by atoms with E-state index in [1.54, 1.807) is 13.1 Å². The minimum absolute atomic E-state index is 0.159. The van der Waals surface area contributed by atoms with Crippen LogP contribution in [0.1, 0.15) is 50.2 Å². The lowest BCUT2D eigenvalue weighted by atomic mass is 9.81. The molecule has 0 radical (unpaired) electrons. The van der Waals surface area contributed by atoms with E-state index in [1.165, 1.54) is 17.2 Å². The predicted molar refractivity (Wildman–Crippen MR) is 129 cm³/mol. The van der Waals surface area contributed by atoms with Gasteiger partial charge in [0.2, 0.25) is 5.95 Å². The molecular formula is C26H30FN5O. The zero-order chi connectivity index (χ0) is 24.2. The van der Waals surface area contributed by atoms with Crippen LogP contribution in [0.2, 0.25) is 0 Å². The number of aryl methyl sites for hydroxylation is 2. The maximum atomic E-state index is 13.6. The lowest BCUT2D eigenvalue weighted by Gasteiger charge is -2.27. The Bertz CT molecular complexity index is 1150. The number of rotatable bonds is 5. The largest absolute Gasteiger partial charge is 0.369 e. The maximum absolute atomic E-state index is 13.6. The molecular weight excluding hydrogens is 417 g/mol. The molecule has 1 amide bonds. The van der Waals surface area contributed by atoms with Crippen LogP contribution in [0.25, 0.3) is 11.1 Å². The van der Waals surface area contributed by atoms with Crippen molar-refractivity contribution in [1.82, 2.24) is 14.9 Å². The van der Waals surface area contributed by atoms with E-state index in [9.17, 15) is 9.18 Å². The Hall–Kier alpha value is -3.61. The number of benzene rings is 1. The summed E-state index contributed by atoms with van der Waals surface area (Å²) in [7, 11) is 1.62. The van der Waals surface area contributed by atoms with Gasteiger partial charge in [-0.25, -0.2) is 9.98 Å². The van der Waals surface area contributed by atoms with Gasteiger partial charge >= 0.3 is 0 Å². The number of carbonyl (C=O) groups is 1. The van der Waals surface area contributed by atoms with Crippen molar-refractivity contribution in [1.29, 1.82) is 0 Å². The predicted octanol–water partition coefficient (Wildman–Crippen LogP) is 4.46. The van der Waals surface area contributed by atoms with Crippen molar-refractivity contribution >= 4 is 11.9 Å². The summed E-state index contributed by atoms with van der Waals surface area (Å²) in [5.74, 6) is -0.612. The molecule has 7 heteroatoms. The summed E-state index contributed by atoms with van der Waals surface area (Å²) < 4.78 is 13.3. The summed E-state index contributed by atoms with van der Waals surface area (Å²) in [6.07, 6.45) is 2.95. The smallest absolute Gasteiger partial charge is 0.266 e. The van der Waals surface area contributed by atoms with E-state index < -0.39 is 11.5 Å². The van der Waals surface area contributed by atoms with Crippen molar-refractivity contribution in [3.8, 4) is 11.1 Å². The molecule has 1 aliphatic rings. The third kappa shape index (κ3) is 4.35. The highest BCUT2D eigenvalue weighted by molar-refractivity contribution is 6.09. The van der Waals surface area contributed by atoms with Crippen LogP contribution >= 0.6 is 0 Å². The van der Waals surface area contributed by atoms with Gasteiger partial charge in [0.05, 0.1) is 0 Å². The van der Waals surface area contributed by atoms with E-state index in [0.29, 0.717) is 5.56 Å². The van der Waals surface area contributed by atoms with Crippen molar-refractivity contribution in [3.05, 3.63) is 83.2 Å². The van der Waals surface area contributed by atoms with Crippen molar-refractivity contribution in [2.45, 2.75) is 46.1 Å². The third-order valence-electron chi connectivity index (χ3n) is 5.65. The van der Waals surface area contributed by atoms with Gasteiger partial charge < -0.3 is 5.73 Å². The molecule has 2 aromatic heterocycles. The molecule has 6 nitrogen and oxygen atoms in total. The number of pyridine rings is 2. The number of hydrogen-bond donors (Lipinski definition) is 1. The molecule has 2 N–H and O–H groups in total. The Balaban J connectivity index is 0.00000149. The number of nitrogens with zero attached hydrogens (tertiary/aromatic N) is 4. The highest BCUT2D eigenvalue weighted by atomic mass is 19.1. The average molecular weight is 448 g/mol. The van der Waals surface area contributed by atoms with Crippen molar-refractivity contribution in [2.24, 2.45) is 10.7 Å². The van der Waals surface area contributed by atoms with E-state index in [1.807, 2.05) is 64.1 Å². The number of carbonyl (C=O) groups excluding carboxylic acids is 1. The van der Waals surface area contributed by atoms with Gasteiger partial charge in [-0.2, -0.15) is 4.39 Å². The number of aromatic nitrogens is 2. The lowest BCUT2D eigenvalue weighted by Crippen LogP contribution is -2.41. The van der Waals surface area contributed by atoms with Crippen LogP contribution in [0.3, 0.4) is 0 Å². The molecule has 1 atom stereocenters. The zero-order valence-electron chi connectivity index (χ0n) is 19.8. The summed E-state index contributed by atoms with van der Waals surface area (Å²) in [4.78, 5) is 28.0. The number of amides is 1. The van der Waals surface area contributed by atoms with Crippen LogP contribution in [0.5, 0.6) is 0 Å². The number of guanidine groups is 1. The Morgan fingerprint density at radius 1 is 0.970 bits per heavy atom. The van der Waals surface area contributed by atoms with E-state index in [4.69, 9.17) is 5.73 Å². The second-order valence-electron chi connectivity index (χ2n) is 7.54. The quantitative estimate of drug-likeness (QED) is 0.585.